The van der Waals surface area contributed by atoms with E-state index >= 15 is 0 Å². The number of hydrogen-bond acceptors (Lipinski definition) is 3. The number of rotatable bonds is 6. The Balaban J connectivity index is 1.53. The second-order valence-corrected chi connectivity index (χ2v) is 20.0. The van der Waals surface area contributed by atoms with Crippen molar-refractivity contribution >= 4 is 55.7 Å². The van der Waals surface area contributed by atoms with Crippen molar-refractivity contribution in [2.45, 2.75) is 91.8 Å². The van der Waals surface area contributed by atoms with E-state index in [1.54, 1.807) is 22.9 Å². The fourth-order valence-electron chi connectivity index (χ4n) is 8.05. The summed E-state index contributed by atoms with van der Waals surface area (Å²) in [5, 5.41) is 5.47. The van der Waals surface area contributed by atoms with Crippen molar-refractivity contribution in [2.75, 3.05) is 0 Å². The number of benzene rings is 3. The molecule has 3 aromatic carbocycles. The Kier molecular flexibility index (Phi) is 6.63. The molecule has 40 heavy (non-hydrogen) atoms. The monoisotopic (exact) mass is 565 g/mol. The van der Waals surface area contributed by atoms with Crippen molar-refractivity contribution in [3.63, 3.8) is 0 Å². The zero-order valence-electron chi connectivity index (χ0n) is 26.3. The summed E-state index contributed by atoms with van der Waals surface area (Å²) in [5.74, 6) is -0.578. The molecule has 208 valence electrons. The van der Waals surface area contributed by atoms with E-state index in [2.05, 4.69) is 103 Å². The van der Waals surface area contributed by atoms with Gasteiger partial charge >= 0.3 is 0 Å². The fraction of sp³-hybridized carbons (Fsp3) is 0.444. The van der Waals surface area contributed by atoms with Gasteiger partial charge in [-0.15, -0.1) is 11.3 Å². The number of fused-ring (bicyclic) bond motifs is 4. The van der Waals surface area contributed by atoms with Crippen LogP contribution in [-0.4, -0.2) is 18.0 Å². The lowest BCUT2D eigenvalue weighted by Crippen LogP contribution is -2.46. The Labute approximate surface area is 246 Å². The van der Waals surface area contributed by atoms with Gasteiger partial charge in [-0.05, 0) is 64.5 Å². The minimum absolute atomic E-state index is 0.152. The quantitative estimate of drug-likeness (QED) is 0.191. The number of nitrogens with zero attached hydrogens (tertiary/aromatic N) is 2. The predicted molar refractivity (Wildman–Crippen MR) is 179 cm³/mol. The number of aromatic nitrogens is 2. The average molecular weight is 566 g/mol. The van der Waals surface area contributed by atoms with Gasteiger partial charge in [-0.1, -0.05) is 114 Å². The lowest BCUT2D eigenvalue weighted by Gasteiger charge is -2.45. The molecule has 0 saturated heterocycles. The molecule has 1 saturated carbocycles. The Morgan fingerprint density at radius 1 is 0.875 bits per heavy atom. The molecule has 1 aliphatic rings. The van der Waals surface area contributed by atoms with Crippen LogP contribution in [0.15, 0.2) is 60.9 Å². The molecule has 6 rings (SSSR count). The van der Waals surface area contributed by atoms with Gasteiger partial charge in [0.1, 0.15) is 6.33 Å². The molecule has 2 aromatic heterocycles. The van der Waals surface area contributed by atoms with Crippen molar-refractivity contribution in [3.8, 4) is 11.3 Å². The normalized spacial score (nSPS) is 18.8. The molecular formula is C36H44N2SSi. The minimum atomic E-state index is -1.64. The molecule has 0 spiro atoms. The zero-order chi connectivity index (χ0) is 29.2. The van der Waals surface area contributed by atoms with Gasteiger partial charge in [-0.3, -0.25) is 0 Å². The predicted octanol–water partition coefficient (Wildman–Crippen LogP) is 10.7. The van der Waals surface area contributed by atoms with Crippen molar-refractivity contribution < 1.29 is 1.37 Å². The van der Waals surface area contributed by atoms with Crippen LogP contribution in [-0.2, 0) is 0 Å². The third kappa shape index (κ3) is 4.71. The second-order valence-electron chi connectivity index (χ2n) is 13.8. The molecule has 0 aliphatic heterocycles. The third-order valence-electron chi connectivity index (χ3n) is 9.74. The van der Waals surface area contributed by atoms with Crippen LogP contribution in [0.3, 0.4) is 0 Å². The van der Waals surface area contributed by atoms with Gasteiger partial charge in [0.05, 0.1) is 24.0 Å². The Bertz CT molecular complexity index is 1740. The molecule has 0 N–H and O–H groups in total. The van der Waals surface area contributed by atoms with Gasteiger partial charge in [-0.25, -0.2) is 9.97 Å². The van der Waals surface area contributed by atoms with E-state index in [0.29, 0.717) is 0 Å². The van der Waals surface area contributed by atoms with E-state index in [9.17, 15) is 1.37 Å². The SMILES string of the molecule is [2H]C1(c2ccc3c(c2)sc2c(-c4cc([Si](CC)(CC)CC)c5ccccc5c4)ncnc23)CC(C)(C)CC(C)(C)C1. The van der Waals surface area contributed by atoms with Crippen molar-refractivity contribution in [3.05, 3.63) is 66.5 Å². The second kappa shape index (κ2) is 10.1. The van der Waals surface area contributed by atoms with Crippen molar-refractivity contribution in [1.29, 1.82) is 0 Å². The smallest absolute Gasteiger partial charge is 0.116 e. The van der Waals surface area contributed by atoms with Gasteiger partial charge < -0.3 is 0 Å². The summed E-state index contributed by atoms with van der Waals surface area (Å²) in [6.07, 6.45) is 4.69. The first-order valence-electron chi connectivity index (χ1n) is 15.6. The lowest BCUT2D eigenvalue weighted by molar-refractivity contribution is 0.0969. The maximum atomic E-state index is 9.65. The Hall–Kier alpha value is -2.56. The van der Waals surface area contributed by atoms with E-state index < -0.39 is 14.0 Å². The lowest BCUT2D eigenvalue weighted by atomic mass is 9.60. The van der Waals surface area contributed by atoms with Gasteiger partial charge in [-0.2, -0.15) is 0 Å². The topological polar surface area (TPSA) is 25.8 Å². The maximum Gasteiger partial charge on any atom is 0.116 e. The average Bonchev–Trinajstić information content (AvgIpc) is 3.30. The van der Waals surface area contributed by atoms with Crippen LogP contribution in [0.4, 0.5) is 0 Å². The zero-order valence-corrected chi connectivity index (χ0v) is 27.1. The highest BCUT2D eigenvalue weighted by molar-refractivity contribution is 7.26. The molecule has 1 aliphatic carbocycles. The van der Waals surface area contributed by atoms with Gasteiger partial charge in [0.25, 0.3) is 0 Å². The first-order chi connectivity index (χ1) is 19.4. The van der Waals surface area contributed by atoms with Crippen molar-refractivity contribution in [2.24, 2.45) is 10.8 Å². The molecule has 1 fully saturated rings. The molecule has 5 aromatic rings. The van der Waals surface area contributed by atoms with Crippen LogP contribution in [0.5, 0.6) is 0 Å². The molecule has 2 nitrogen and oxygen atoms in total. The summed E-state index contributed by atoms with van der Waals surface area (Å²) in [6.45, 7) is 16.5. The Morgan fingerprint density at radius 2 is 1.57 bits per heavy atom. The van der Waals surface area contributed by atoms with Crippen LogP contribution in [0, 0.1) is 10.8 Å². The third-order valence-corrected chi connectivity index (χ3v) is 16.5. The minimum Gasteiger partial charge on any atom is -0.235 e. The Morgan fingerprint density at radius 3 is 2.27 bits per heavy atom. The highest BCUT2D eigenvalue weighted by Gasteiger charge is 2.39. The van der Waals surface area contributed by atoms with Gasteiger partial charge in [0, 0.05) is 17.0 Å². The van der Waals surface area contributed by atoms with Gasteiger partial charge in [0.2, 0.25) is 0 Å². The molecule has 0 atom stereocenters. The molecule has 2 heterocycles. The molecule has 0 bridgehead atoms. The van der Waals surface area contributed by atoms with Crippen LogP contribution < -0.4 is 5.19 Å². The number of hydrogen-bond donors (Lipinski definition) is 0. The summed E-state index contributed by atoms with van der Waals surface area (Å²) in [7, 11) is -1.64. The van der Waals surface area contributed by atoms with E-state index in [0.717, 1.165) is 40.7 Å². The summed E-state index contributed by atoms with van der Waals surface area (Å²) in [6, 6.07) is 24.2. The summed E-state index contributed by atoms with van der Waals surface area (Å²) < 4.78 is 12.0. The molecule has 0 amide bonds. The molecule has 0 unspecified atom stereocenters. The van der Waals surface area contributed by atoms with E-state index in [-0.39, 0.29) is 10.8 Å². The first-order valence-corrected chi connectivity index (χ1v) is 18.6. The van der Waals surface area contributed by atoms with E-state index in [1.807, 2.05) is 0 Å². The van der Waals surface area contributed by atoms with Crippen molar-refractivity contribution in [1.82, 2.24) is 9.97 Å². The number of thiophene rings is 1. The summed E-state index contributed by atoms with van der Waals surface area (Å²) in [4.78, 5) is 9.73. The van der Waals surface area contributed by atoms with Crippen LogP contribution in [0.2, 0.25) is 18.1 Å². The summed E-state index contributed by atoms with van der Waals surface area (Å²) in [5.41, 5.74) is 4.72. The standard InChI is InChI=1S/C36H44N2SSi/c1-8-40(9-2,10-3)31-19-26(17-25-13-11-12-14-28(25)31)32-34-33(38-23-37-32)29-16-15-24(18-30(29)39-34)27-20-35(4,5)22-36(6,7)21-27/h11-19,23,27H,8-10,20-22H2,1-7H3/i27D. The van der Waals surface area contributed by atoms with Gasteiger partial charge in [0.15, 0.2) is 0 Å². The molecule has 4 heteroatoms. The van der Waals surface area contributed by atoms with Crippen LogP contribution >= 0.6 is 11.3 Å². The largest absolute Gasteiger partial charge is 0.235 e. The summed E-state index contributed by atoms with van der Waals surface area (Å²) >= 11 is 1.80. The van der Waals surface area contributed by atoms with E-state index in [1.165, 1.54) is 44.6 Å². The molecule has 0 radical (unpaired) electrons. The highest BCUT2D eigenvalue weighted by Crippen LogP contribution is 2.52. The van der Waals surface area contributed by atoms with E-state index in [4.69, 9.17) is 9.97 Å². The first kappa shape index (κ1) is 26.3. The molecular weight excluding hydrogens is 521 g/mol. The van der Waals surface area contributed by atoms with Crippen LogP contribution in [0.25, 0.3) is 42.3 Å². The van der Waals surface area contributed by atoms with Crippen LogP contribution in [0.1, 0.15) is 80.6 Å². The fourth-order valence-corrected chi connectivity index (χ4v) is 13.2. The maximum absolute atomic E-state index is 9.65. The highest BCUT2D eigenvalue weighted by atomic mass is 32.1.